The zero-order chi connectivity index (χ0) is 11.1. The predicted molar refractivity (Wildman–Crippen MR) is 56.9 cm³/mol. The van der Waals surface area contributed by atoms with Crippen LogP contribution in [0.3, 0.4) is 0 Å². The zero-order valence-electron chi connectivity index (χ0n) is 8.34. The van der Waals surface area contributed by atoms with E-state index < -0.39 is 22.2 Å². The summed E-state index contributed by atoms with van der Waals surface area (Å²) in [6.07, 6.45) is 0.932. The van der Waals surface area contributed by atoms with Crippen molar-refractivity contribution in [2.45, 2.75) is 18.6 Å². The fraction of sp³-hybridized carbons (Fsp3) is 0.400. The van der Waals surface area contributed by atoms with Crippen molar-refractivity contribution in [3.8, 4) is 0 Å². The normalized spacial score (nSPS) is 25.2. The van der Waals surface area contributed by atoms with E-state index in [4.69, 9.17) is 0 Å². The molecule has 0 saturated carbocycles. The maximum absolute atomic E-state index is 11.1. The Bertz CT molecular complexity index is 469. The van der Waals surface area contributed by atoms with E-state index in [1.54, 1.807) is 0 Å². The van der Waals surface area contributed by atoms with Crippen LogP contribution in [0.4, 0.5) is 0 Å². The number of fused-ring (bicyclic) bond motifs is 1. The zero-order valence-corrected chi connectivity index (χ0v) is 9.16. The van der Waals surface area contributed by atoms with Crippen molar-refractivity contribution in [3.63, 3.8) is 0 Å². The lowest BCUT2D eigenvalue weighted by molar-refractivity contribution is 0.152. The third-order valence-electron chi connectivity index (χ3n) is 2.55. The van der Waals surface area contributed by atoms with Crippen LogP contribution in [-0.2, 0) is 16.4 Å². The van der Waals surface area contributed by atoms with E-state index in [1.165, 1.54) is 0 Å². The lowest BCUT2D eigenvalue weighted by Gasteiger charge is -2.15. The summed E-state index contributed by atoms with van der Waals surface area (Å²) in [5, 5.41) is 9.75. The number of rotatable bonds is 2. The molecule has 0 saturated heterocycles. The highest BCUT2D eigenvalue weighted by Crippen LogP contribution is 2.31. The first-order valence-corrected chi connectivity index (χ1v) is 6.60. The van der Waals surface area contributed by atoms with Crippen LogP contribution < -0.4 is 4.72 Å². The summed E-state index contributed by atoms with van der Waals surface area (Å²) >= 11 is 0. The predicted octanol–water partition coefficient (Wildman–Crippen LogP) is 0.194. The molecule has 15 heavy (non-hydrogen) atoms. The smallest absolute Gasteiger partial charge is 0.209 e. The van der Waals surface area contributed by atoms with E-state index in [9.17, 15) is 13.5 Å². The van der Waals surface area contributed by atoms with Crippen LogP contribution in [0.2, 0.25) is 0 Å². The van der Waals surface area contributed by atoms with Gasteiger partial charge in [-0.2, -0.15) is 0 Å². The molecule has 4 nitrogen and oxygen atoms in total. The minimum absolute atomic E-state index is 0.503. The van der Waals surface area contributed by atoms with Gasteiger partial charge in [-0.1, -0.05) is 24.3 Å². The molecule has 5 heteroatoms. The molecule has 1 aromatic rings. The van der Waals surface area contributed by atoms with Crippen molar-refractivity contribution in [2.75, 3.05) is 6.26 Å². The summed E-state index contributed by atoms with van der Waals surface area (Å²) in [5.41, 5.74) is 1.88. The largest absolute Gasteiger partial charge is 0.391 e. The minimum Gasteiger partial charge on any atom is -0.391 e. The molecule has 0 heterocycles. The number of benzene rings is 1. The molecule has 0 fully saturated rings. The number of nitrogens with one attached hydrogen (secondary N) is 1. The average Bonchev–Trinajstić information content (AvgIpc) is 2.41. The maximum Gasteiger partial charge on any atom is 0.209 e. The van der Waals surface area contributed by atoms with Gasteiger partial charge in [0.1, 0.15) is 0 Å². The van der Waals surface area contributed by atoms with Crippen LogP contribution in [0.1, 0.15) is 17.2 Å². The van der Waals surface area contributed by atoms with Crippen LogP contribution in [0.25, 0.3) is 0 Å². The maximum atomic E-state index is 11.1. The highest BCUT2D eigenvalue weighted by atomic mass is 32.2. The van der Waals surface area contributed by atoms with Crippen molar-refractivity contribution >= 4 is 10.0 Å². The van der Waals surface area contributed by atoms with E-state index >= 15 is 0 Å². The van der Waals surface area contributed by atoms with Gasteiger partial charge in [-0.3, -0.25) is 0 Å². The van der Waals surface area contributed by atoms with Crippen molar-refractivity contribution in [2.24, 2.45) is 0 Å². The molecule has 2 N–H and O–H groups in total. The first-order chi connectivity index (χ1) is 6.97. The van der Waals surface area contributed by atoms with E-state index in [2.05, 4.69) is 4.72 Å². The van der Waals surface area contributed by atoms with E-state index in [-0.39, 0.29) is 0 Å². The van der Waals surface area contributed by atoms with Crippen molar-refractivity contribution < 1.29 is 13.5 Å². The fourth-order valence-electron chi connectivity index (χ4n) is 1.95. The lowest BCUT2D eigenvalue weighted by Crippen LogP contribution is -2.32. The Morgan fingerprint density at radius 3 is 2.73 bits per heavy atom. The molecule has 1 aliphatic carbocycles. The van der Waals surface area contributed by atoms with Gasteiger partial charge >= 0.3 is 0 Å². The van der Waals surface area contributed by atoms with Gasteiger partial charge in [-0.05, 0) is 11.1 Å². The second kappa shape index (κ2) is 3.59. The lowest BCUT2D eigenvalue weighted by atomic mass is 10.1. The molecule has 0 bridgehead atoms. The average molecular weight is 227 g/mol. The summed E-state index contributed by atoms with van der Waals surface area (Å²) in [6.45, 7) is 0. The summed E-state index contributed by atoms with van der Waals surface area (Å²) in [6, 6.07) is 6.97. The van der Waals surface area contributed by atoms with Crippen molar-refractivity contribution in [1.82, 2.24) is 4.72 Å². The van der Waals surface area contributed by atoms with Crippen LogP contribution in [0.15, 0.2) is 24.3 Å². The molecule has 2 atom stereocenters. The molecule has 0 amide bonds. The van der Waals surface area contributed by atoms with Gasteiger partial charge in [0, 0.05) is 6.42 Å². The van der Waals surface area contributed by atoms with E-state index in [0.29, 0.717) is 6.42 Å². The molecule has 0 spiro atoms. The van der Waals surface area contributed by atoms with Crippen LogP contribution in [0.5, 0.6) is 0 Å². The molecule has 1 aliphatic rings. The summed E-state index contributed by atoms with van der Waals surface area (Å²) in [4.78, 5) is 0. The van der Waals surface area contributed by atoms with Gasteiger partial charge < -0.3 is 5.11 Å². The quantitative estimate of drug-likeness (QED) is 0.758. The molecular weight excluding hydrogens is 214 g/mol. The molecule has 2 rings (SSSR count). The summed E-state index contributed by atoms with van der Waals surface area (Å²) in [7, 11) is -3.29. The van der Waals surface area contributed by atoms with Gasteiger partial charge in [0.05, 0.1) is 18.4 Å². The Labute approximate surface area is 89.0 Å². The van der Waals surface area contributed by atoms with Gasteiger partial charge in [0.15, 0.2) is 0 Å². The second-order valence-corrected chi connectivity index (χ2v) is 5.62. The van der Waals surface area contributed by atoms with Gasteiger partial charge in [-0.15, -0.1) is 0 Å². The van der Waals surface area contributed by atoms with Crippen LogP contribution in [0, 0.1) is 0 Å². The molecule has 1 aromatic carbocycles. The molecule has 0 aliphatic heterocycles. The van der Waals surface area contributed by atoms with Gasteiger partial charge in [0.25, 0.3) is 0 Å². The number of hydrogen-bond acceptors (Lipinski definition) is 3. The Kier molecular flexibility index (Phi) is 2.54. The third kappa shape index (κ3) is 2.19. The Morgan fingerprint density at radius 2 is 2.07 bits per heavy atom. The Hall–Kier alpha value is -0.910. The summed E-state index contributed by atoms with van der Waals surface area (Å²) in [5.74, 6) is 0. The topological polar surface area (TPSA) is 66.4 Å². The number of hydrogen-bond donors (Lipinski definition) is 2. The number of aliphatic hydroxyl groups is 1. The number of sulfonamides is 1. The second-order valence-electron chi connectivity index (χ2n) is 3.84. The van der Waals surface area contributed by atoms with Crippen LogP contribution >= 0.6 is 0 Å². The molecule has 0 aromatic heterocycles. The third-order valence-corrected chi connectivity index (χ3v) is 3.23. The standard InChI is InChI=1S/C10H13NO3S/c1-15(13,14)11-10-8-5-3-2-4-7(8)6-9(10)12/h2-5,9-12H,6H2,1H3/t9-,10-/m1/s1. The molecule has 0 unspecified atom stereocenters. The van der Waals surface area contributed by atoms with E-state index in [1.807, 2.05) is 24.3 Å². The monoisotopic (exact) mass is 227 g/mol. The first kappa shape index (κ1) is 10.6. The highest BCUT2D eigenvalue weighted by molar-refractivity contribution is 7.88. The molecule has 82 valence electrons. The van der Waals surface area contributed by atoms with Crippen LogP contribution in [-0.4, -0.2) is 25.9 Å². The highest BCUT2D eigenvalue weighted by Gasteiger charge is 2.32. The summed E-state index contributed by atoms with van der Waals surface area (Å²) < 4.78 is 24.7. The fourth-order valence-corrected chi connectivity index (χ4v) is 2.69. The Morgan fingerprint density at radius 1 is 1.40 bits per heavy atom. The van der Waals surface area contributed by atoms with Gasteiger partial charge in [-0.25, -0.2) is 13.1 Å². The Balaban J connectivity index is 2.34. The van der Waals surface area contributed by atoms with Gasteiger partial charge in [0.2, 0.25) is 10.0 Å². The minimum atomic E-state index is -3.29. The molecular formula is C10H13NO3S. The SMILES string of the molecule is CS(=O)(=O)N[C@@H]1c2ccccc2C[C@H]1O. The van der Waals surface area contributed by atoms with E-state index in [0.717, 1.165) is 17.4 Å². The van der Waals surface area contributed by atoms with Crippen molar-refractivity contribution in [1.29, 1.82) is 0 Å². The first-order valence-electron chi connectivity index (χ1n) is 4.70. The number of aliphatic hydroxyl groups excluding tert-OH is 1. The van der Waals surface area contributed by atoms with Crippen molar-refractivity contribution in [3.05, 3.63) is 35.4 Å². The molecule has 0 radical (unpaired) electrons.